The zero-order valence-electron chi connectivity index (χ0n) is 28.5. The number of rotatable bonds is 8. The van der Waals surface area contributed by atoms with Crippen LogP contribution in [0.15, 0.2) is 67.1 Å². The van der Waals surface area contributed by atoms with E-state index in [-0.39, 0.29) is 23.9 Å². The molecule has 248 valence electrons. The molecular formula is C36H57N6O3+. The van der Waals surface area contributed by atoms with Gasteiger partial charge < -0.3 is 26.0 Å². The van der Waals surface area contributed by atoms with Gasteiger partial charge in [-0.25, -0.2) is 0 Å². The Labute approximate surface area is 270 Å². The van der Waals surface area contributed by atoms with Crippen LogP contribution < -0.4 is 26.7 Å². The fraction of sp³-hybridized carbons (Fsp3) is 0.528. The van der Waals surface area contributed by atoms with E-state index in [1.807, 2.05) is 52.0 Å². The molecule has 1 aromatic rings. The van der Waals surface area contributed by atoms with E-state index in [9.17, 15) is 14.7 Å². The maximum Gasteiger partial charge on any atom is 0.251 e. The molecule has 2 heterocycles. The lowest BCUT2D eigenvalue weighted by atomic mass is 9.80. The van der Waals surface area contributed by atoms with Crippen molar-refractivity contribution in [1.29, 1.82) is 0 Å². The number of amidine groups is 1. The summed E-state index contributed by atoms with van der Waals surface area (Å²) in [5, 5.41) is 20.6. The van der Waals surface area contributed by atoms with Crippen molar-refractivity contribution in [2.45, 2.75) is 110 Å². The lowest BCUT2D eigenvalue weighted by molar-refractivity contribution is -0.532. The van der Waals surface area contributed by atoms with Crippen molar-refractivity contribution in [2.24, 2.45) is 5.73 Å². The van der Waals surface area contributed by atoms with Crippen LogP contribution in [0.4, 0.5) is 0 Å². The number of allylic oxidation sites excluding steroid dienone is 3. The highest BCUT2D eigenvalue weighted by Gasteiger charge is 2.60. The number of hydrogen-bond donors (Lipinski definition) is 6. The van der Waals surface area contributed by atoms with E-state index < -0.39 is 17.7 Å². The Morgan fingerprint density at radius 2 is 1.93 bits per heavy atom. The van der Waals surface area contributed by atoms with E-state index in [1.54, 1.807) is 19.2 Å². The molecule has 3 aliphatic rings. The highest BCUT2D eigenvalue weighted by molar-refractivity contribution is 5.96. The first-order valence-corrected chi connectivity index (χ1v) is 16.4. The molecule has 0 radical (unpaired) electrons. The van der Waals surface area contributed by atoms with Crippen molar-refractivity contribution >= 4 is 17.6 Å². The van der Waals surface area contributed by atoms with Crippen LogP contribution in [0.2, 0.25) is 0 Å². The van der Waals surface area contributed by atoms with Crippen LogP contribution in [0, 0.1) is 0 Å². The van der Waals surface area contributed by atoms with E-state index >= 15 is 0 Å². The maximum absolute atomic E-state index is 13.3. The largest absolute Gasteiger partial charge is 0.388 e. The second kappa shape index (κ2) is 17.6. The molecule has 1 aromatic carbocycles. The number of fused-ring (bicyclic) bond motifs is 2. The minimum atomic E-state index is -0.779. The summed E-state index contributed by atoms with van der Waals surface area (Å²) in [6.07, 6.45) is 12.4. The number of likely N-dealkylation sites (N-methyl/N-ethyl adjacent to an activating group) is 1. The summed E-state index contributed by atoms with van der Waals surface area (Å²) in [6, 6.07) is 5.47. The van der Waals surface area contributed by atoms with Gasteiger partial charge in [0.2, 0.25) is 11.7 Å². The average molecular weight is 622 g/mol. The van der Waals surface area contributed by atoms with E-state index in [0.717, 1.165) is 54.9 Å². The number of nitrogens with one attached hydrogen (secondary N) is 4. The molecule has 9 heteroatoms. The molecule has 2 saturated heterocycles. The van der Waals surface area contributed by atoms with Crippen LogP contribution in [-0.4, -0.2) is 71.0 Å². The van der Waals surface area contributed by atoms with Gasteiger partial charge in [-0.05, 0) is 70.1 Å². The third-order valence-corrected chi connectivity index (χ3v) is 8.73. The summed E-state index contributed by atoms with van der Waals surface area (Å²) < 4.78 is 0. The minimum absolute atomic E-state index is 0.0180. The highest BCUT2D eigenvalue weighted by Crippen LogP contribution is 2.38. The van der Waals surface area contributed by atoms with Crippen LogP contribution in [0.25, 0.3) is 0 Å². The van der Waals surface area contributed by atoms with Crippen LogP contribution in [0.1, 0.15) is 88.7 Å². The summed E-state index contributed by atoms with van der Waals surface area (Å²) in [7, 11) is 1.58. The van der Waals surface area contributed by atoms with Crippen molar-refractivity contribution in [3.05, 3.63) is 83.7 Å². The number of aliphatic hydroxyl groups is 1. The number of benzene rings is 1. The summed E-state index contributed by atoms with van der Waals surface area (Å²) in [4.78, 5) is 29.7. The predicted octanol–water partition coefficient (Wildman–Crippen LogP) is 2.62. The third-order valence-electron chi connectivity index (χ3n) is 8.73. The minimum Gasteiger partial charge on any atom is -0.388 e. The Kier molecular flexibility index (Phi) is 14.6. The van der Waals surface area contributed by atoms with Gasteiger partial charge in [-0.15, -0.1) is 0 Å². The van der Waals surface area contributed by atoms with Crippen LogP contribution in [0.5, 0.6) is 0 Å². The number of aliphatic hydroxyl groups excluding tert-OH is 1. The van der Waals surface area contributed by atoms with Crippen molar-refractivity contribution in [1.82, 2.24) is 20.9 Å². The van der Waals surface area contributed by atoms with Gasteiger partial charge in [-0.3, -0.25) is 20.3 Å². The summed E-state index contributed by atoms with van der Waals surface area (Å²) in [5.74, 6) is 1.23. The molecule has 4 unspecified atom stereocenters. The first-order valence-electron chi connectivity index (χ1n) is 16.4. The summed E-state index contributed by atoms with van der Waals surface area (Å²) >= 11 is 0. The van der Waals surface area contributed by atoms with Crippen LogP contribution >= 0.6 is 0 Å². The molecule has 9 nitrogen and oxygen atoms in total. The fourth-order valence-electron chi connectivity index (χ4n) is 6.44. The van der Waals surface area contributed by atoms with Gasteiger partial charge in [-0.2, -0.15) is 0 Å². The van der Waals surface area contributed by atoms with E-state index in [1.165, 1.54) is 12.0 Å². The lowest BCUT2D eigenvalue weighted by Gasteiger charge is -2.49. The van der Waals surface area contributed by atoms with E-state index in [2.05, 4.69) is 58.9 Å². The van der Waals surface area contributed by atoms with Crippen LogP contribution in [0.3, 0.4) is 0 Å². The van der Waals surface area contributed by atoms with Gasteiger partial charge in [0.25, 0.3) is 5.91 Å². The van der Waals surface area contributed by atoms with Gasteiger partial charge in [0.05, 0.1) is 17.9 Å². The van der Waals surface area contributed by atoms with Crippen molar-refractivity contribution < 1.29 is 19.7 Å². The van der Waals surface area contributed by atoms with Gasteiger partial charge in [-0.1, -0.05) is 70.4 Å². The molecule has 5 atom stereocenters. The Morgan fingerprint density at radius 1 is 1.24 bits per heavy atom. The molecule has 0 aromatic heterocycles. The van der Waals surface area contributed by atoms with Gasteiger partial charge >= 0.3 is 0 Å². The van der Waals surface area contributed by atoms with E-state index in [4.69, 9.17) is 5.73 Å². The standard InChI is InChI=1S/C25H37N5O2.C9H13NO.C2H6/c1-5-9-21(26)29-22-15(2)27-16(3)30-14-20(23(31)25(22,30)4)28-24(32)19-13-8-11-17-10-6-7-12-18(17)19;1-4-5-6-7-8(2)9(11)10-3;1-2/h8,11,13,15,20,22-23,27,31H,3,5-7,9-10,12,14H2,1-2,4H3,(H2,26,29)(H,28,32);4-7H,2H2,1,3H3,(H,10,11);1-2H3/p+1/b;5-4-,7-6-;/t15?,20?,22-,23?,25?;;/m0../s1. The third kappa shape index (κ3) is 8.87. The molecule has 0 saturated carbocycles. The normalized spacial score (nSPS) is 25.6. The maximum atomic E-state index is 13.3. The average Bonchev–Trinajstić information content (AvgIpc) is 3.30. The first-order chi connectivity index (χ1) is 21.5. The predicted molar refractivity (Wildman–Crippen MR) is 185 cm³/mol. The van der Waals surface area contributed by atoms with E-state index in [0.29, 0.717) is 12.1 Å². The highest BCUT2D eigenvalue weighted by atomic mass is 16.3. The second-order valence-electron chi connectivity index (χ2n) is 11.8. The summed E-state index contributed by atoms with van der Waals surface area (Å²) in [5.41, 5.74) is 9.22. The number of carbonyl (C=O) groups is 2. The van der Waals surface area contributed by atoms with Crippen molar-refractivity contribution in [3.8, 4) is 0 Å². The lowest BCUT2D eigenvalue weighted by Crippen LogP contribution is -2.94. The first kappa shape index (κ1) is 37.3. The Balaban J connectivity index is 0.000000461. The molecule has 1 aliphatic carbocycles. The zero-order chi connectivity index (χ0) is 33.7. The molecule has 45 heavy (non-hydrogen) atoms. The van der Waals surface area contributed by atoms with Crippen LogP contribution in [-0.2, 0) is 17.6 Å². The number of amides is 2. The SMILES string of the molecule is C=C(/C=C\C=C/C)C(=O)NC.C=C1NC(C)[C@H]([NH+]=C(N)CCC)C2(C)C(O)C(NC(=O)c3cccc4c3CCCC4)CN12.CC. The van der Waals surface area contributed by atoms with Gasteiger partial charge in [0.1, 0.15) is 17.7 Å². The molecule has 0 spiro atoms. The molecule has 2 aliphatic heterocycles. The van der Waals surface area contributed by atoms with Gasteiger partial charge in [0, 0.05) is 31.1 Å². The zero-order valence-corrected chi connectivity index (χ0v) is 28.5. The number of nitrogens with two attached hydrogens (primary N) is 1. The molecule has 2 amide bonds. The monoisotopic (exact) mass is 621 g/mol. The number of nitrogens with zero attached hydrogens (tertiary/aromatic N) is 1. The Bertz CT molecular complexity index is 1290. The number of hydrogen-bond acceptors (Lipinski definition) is 5. The number of aryl methyl sites for hydroxylation is 1. The quantitative estimate of drug-likeness (QED) is 0.114. The van der Waals surface area contributed by atoms with Crippen molar-refractivity contribution in [3.63, 3.8) is 0 Å². The summed E-state index contributed by atoms with van der Waals surface area (Å²) in [6.45, 7) is 20.3. The second-order valence-corrected chi connectivity index (χ2v) is 11.8. The molecule has 7 N–H and O–H groups in total. The topological polar surface area (TPSA) is 134 Å². The molecule has 2 fully saturated rings. The molecular weight excluding hydrogens is 564 g/mol. The molecule has 0 bridgehead atoms. The number of carbonyl (C=O) groups excluding carboxylic acids is 2. The smallest absolute Gasteiger partial charge is 0.251 e. The Hall–Kier alpha value is -3.85. The van der Waals surface area contributed by atoms with Gasteiger partial charge in [0.15, 0.2) is 0 Å². The van der Waals surface area contributed by atoms with Crippen molar-refractivity contribution in [2.75, 3.05) is 13.6 Å². The fourth-order valence-corrected chi connectivity index (χ4v) is 6.44. The molecule has 4 rings (SSSR count). The Morgan fingerprint density at radius 3 is 2.58 bits per heavy atom.